The molecule has 0 atom stereocenters. The summed E-state index contributed by atoms with van der Waals surface area (Å²) < 4.78 is 6.24. The van der Waals surface area contributed by atoms with E-state index in [1.165, 1.54) is 141 Å². The summed E-state index contributed by atoms with van der Waals surface area (Å²) in [5, 5.41) is 0. The van der Waals surface area contributed by atoms with Gasteiger partial charge in [0.25, 0.3) is 0 Å². The van der Waals surface area contributed by atoms with Crippen molar-refractivity contribution in [1.82, 2.24) is 0 Å². The van der Waals surface area contributed by atoms with E-state index < -0.39 is 0 Å². The fraction of sp³-hybridized carbons (Fsp3) is 1.00. The molecule has 0 radical (unpaired) electrons. The molecular formula is C29H56O. The van der Waals surface area contributed by atoms with Gasteiger partial charge in [-0.25, -0.2) is 0 Å². The predicted molar refractivity (Wildman–Crippen MR) is 133 cm³/mol. The van der Waals surface area contributed by atoms with Crippen LogP contribution in [0.3, 0.4) is 0 Å². The van der Waals surface area contributed by atoms with Crippen molar-refractivity contribution in [2.45, 2.75) is 161 Å². The molecule has 0 amide bonds. The Labute approximate surface area is 190 Å². The SMILES string of the molecule is CCCCCCCCCO[C@H]1CC[C@H]([C@H]2CC[C@H](CCCCCCCC)CC2)CC1. The van der Waals surface area contributed by atoms with Crippen molar-refractivity contribution in [2.24, 2.45) is 17.8 Å². The maximum Gasteiger partial charge on any atom is 0.0575 e. The fourth-order valence-electron chi connectivity index (χ4n) is 6.20. The van der Waals surface area contributed by atoms with Gasteiger partial charge in [-0.15, -0.1) is 0 Å². The maximum atomic E-state index is 6.24. The van der Waals surface area contributed by atoms with Crippen LogP contribution in [-0.2, 0) is 4.74 Å². The van der Waals surface area contributed by atoms with Gasteiger partial charge in [-0.1, -0.05) is 110 Å². The molecule has 1 heteroatoms. The van der Waals surface area contributed by atoms with E-state index in [9.17, 15) is 0 Å². The molecule has 2 saturated carbocycles. The Morgan fingerprint density at radius 2 is 0.967 bits per heavy atom. The first kappa shape index (κ1) is 26.2. The van der Waals surface area contributed by atoms with Crippen LogP contribution in [-0.4, -0.2) is 12.7 Å². The lowest BCUT2D eigenvalue weighted by Gasteiger charge is -2.38. The molecular weight excluding hydrogens is 364 g/mol. The Hall–Kier alpha value is -0.0400. The maximum absolute atomic E-state index is 6.24. The van der Waals surface area contributed by atoms with Crippen LogP contribution < -0.4 is 0 Å². The van der Waals surface area contributed by atoms with E-state index in [1.54, 1.807) is 0 Å². The van der Waals surface area contributed by atoms with Gasteiger partial charge in [0.05, 0.1) is 6.10 Å². The number of unbranched alkanes of at least 4 members (excludes halogenated alkanes) is 11. The number of rotatable bonds is 17. The molecule has 2 rings (SSSR count). The van der Waals surface area contributed by atoms with Crippen LogP contribution in [0.15, 0.2) is 0 Å². The van der Waals surface area contributed by atoms with Crippen molar-refractivity contribution in [2.75, 3.05) is 6.61 Å². The van der Waals surface area contributed by atoms with Gasteiger partial charge < -0.3 is 4.74 Å². The van der Waals surface area contributed by atoms with Crippen LogP contribution in [0.4, 0.5) is 0 Å². The Bertz CT molecular complexity index is 363. The average Bonchev–Trinajstić information content (AvgIpc) is 2.79. The highest BCUT2D eigenvalue weighted by atomic mass is 16.5. The van der Waals surface area contributed by atoms with Gasteiger partial charge in [0, 0.05) is 6.61 Å². The Morgan fingerprint density at radius 1 is 0.500 bits per heavy atom. The van der Waals surface area contributed by atoms with Crippen molar-refractivity contribution in [3.05, 3.63) is 0 Å². The normalized spacial score (nSPS) is 27.4. The van der Waals surface area contributed by atoms with Crippen LogP contribution in [0.25, 0.3) is 0 Å². The Morgan fingerprint density at radius 3 is 1.53 bits per heavy atom. The molecule has 0 unspecified atom stereocenters. The molecule has 0 aliphatic heterocycles. The molecule has 1 nitrogen and oxygen atoms in total. The molecule has 178 valence electrons. The van der Waals surface area contributed by atoms with E-state index >= 15 is 0 Å². The second-order valence-electron chi connectivity index (χ2n) is 10.9. The fourth-order valence-corrected chi connectivity index (χ4v) is 6.20. The summed E-state index contributed by atoms with van der Waals surface area (Å²) in [7, 11) is 0. The highest BCUT2D eigenvalue weighted by molar-refractivity contribution is 4.82. The summed E-state index contributed by atoms with van der Waals surface area (Å²) in [5.41, 5.74) is 0. The van der Waals surface area contributed by atoms with Crippen LogP contribution >= 0.6 is 0 Å². The van der Waals surface area contributed by atoms with Crippen molar-refractivity contribution >= 4 is 0 Å². The standard InChI is InChI=1S/C29H56O/c1-3-5-7-9-11-13-15-25-30-29-23-21-28(22-24-29)27-19-17-26(18-20-27)16-14-12-10-8-6-4-2/h26-29H,3-25H2,1-2H3/t26-,27-,28-,29-. The summed E-state index contributed by atoms with van der Waals surface area (Å²) >= 11 is 0. The largest absolute Gasteiger partial charge is 0.378 e. The number of hydrogen-bond acceptors (Lipinski definition) is 1. The smallest absolute Gasteiger partial charge is 0.0575 e. The summed E-state index contributed by atoms with van der Waals surface area (Å²) in [6, 6.07) is 0. The summed E-state index contributed by atoms with van der Waals surface area (Å²) in [6.45, 7) is 5.63. The molecule has 0 spiro atoms. The molecule has 0 N–H and O–H groups in total. The highest BCUT2D eigenvalue weighted by Gasteiger charge is 2.30. The summed E-state index contributed by atoms with van der Waals surface area (Å²) in [4.78, 5) is 0. The Balaban J connectivity index is 1.43. The molecule has 0 saturated heterocycles. The van der Waals surface area contributed by atoms with Crippen LogP contribution in [0.5, 0.6) is 0 Å². The lowest BCUT2D eigenvalue weighted by molar-refractivity contribution is 0.00526. The van der Waals surface area contributed by atoms with E-state index in [2.05, 4.69) is 13.8 Å². The first-order valence-electron chi connectivity index (χ1n) is 14.4. The van der Waals surface area contributed by atoms with Gasteiger partial charge in [0.1, 0.15) is 0 Å². The Kier molecular flexibility index (Phi) is 15.3. The molecule has 30 heavy (non-hydrogen) atoms. The van der Waals surface area contributed by atoms with Crippen LogP contribution in [0.1, 0.15) is 155 Å². The van der Waals surface area contributed by atoms with Gasteiger partial charge in [0.2, 0.25) is 0 Å². The molecule has 0 heterocycles. The molecule has 0 aromatic rings. The lowest BCUT2D eigenvalue weighted by atomic mass is 9.70. The predicted octanol–water partition coefficient (Wildman–Crippen LogP) is 9.87. The monoisotopic (exact) mass is 420 g/mol. The van der Waals surface area contributed by atoms with Crippen molar-refractivity contribution in [3.8, 4) is 0 Å². The second kappa shape index (κ2) is 17.5. The van der Waals surface area contributed by atoms with Gasteiger partial charge in [-0.05, 0) is 62.7 Å². The van der Waals surface area contributed by atoms with Crippen LogP contribution in [0.2, 0.25) is 0 Å². The van der Waals surface area contributed by atoms with Gasteiger partial charge in [-0.3, -0.25) is 0 Å². The topological polar surface area (TPSA) is 9.23 Å². The van der Waals surface area contributed by atoms with Gasteiger partial charge in [-0.2, -0.15) is 0 Å². The van der Waals surface area contributed by atoms with Crippen molar-refractivity contribution < 1.29 is 4.74 Å². The zero-order valence-electron chi connectivity index (χ0n) is 21.0. The molecule has 0 aromatic heterocycles. The first-order valence-corrected chi connectivity index (χ1v) is 14.4. The molecule has 0 aromatic carbocycles. The zero-order valence-corrected chi connectivity index (χ0v) is 21.0. The first-order chi connectivity index (χ1) is 14.8. The average molecular weight is 421 g/mol. The third-order valence-corrected chi connectivity index (χ3v) is 8.34. The van der Waals surface area contributed by atoms with Crippen LogP contribution in [0, 0.1) is 17.8 Å². The molecule has 0 bridgehead atoms. The number of ether oxygens (including phenoxy) is 1. The van der Waals surface area contributed by atoms with E-state index in [1.807, 2.05) is 0 Å². The van der Waals surface area contributed by atoms with Crippen molar-refractivity contribution in [1.29, 1.82) is 0 Å². The van der Waals surface area contributed by atoms with Gasteiger partial charge >= 0.3 is 0 Å². The summed E-state index contributed by atoms with van der Waals surface area (Å²) in [6.07, 6.45) is 32.3. The highest BCUT2D eigenvalue weighted by Crippen LogP contribution is 2.41. The minimum absolute atomic E-state index is 0.588. The third kappa shape index (κ3) is 11.5. The lowest BCUT2D eigenvalue weighted by Crippen LogP contribution is -2.28. The van der Waals surface area contributed by atoms with E-state index in [0.29, 0.717) is 6.10 Å². The van der Waals surface area contributed by atoms with Crippen molar-refractivity contribution in [3.63, 3.8) is 0 Å². The van der Waals surface area contributed by atoms with E-state index in [0.717, 1.165) is 24.4 Å². The van der Waals surface area contributed by atoms with Gasteiger partial charge in [0.15, 0.2) is 0 Å². The van der Waals surface area contributed by atoms with E-state index in [4.69, 9.17) is 4.74 Å². The molecule has 2 aliphatic carbocycles. The second-order valence-corrected chi connectivity index (χ2v) is 10.9. The minimum atomic E-state index is 0.588. The zero-order chi connectivity index (χ0) is 21.3. The molecule has 2 fully saturated rings. The summed E-state index contributed by atoms with van der Waals surface area (Å²) in [5.74, 6) is 3.14. The third-order valence-electron chi connectivity index (χ3n) is 8.34. The van der Waals surface area contributed by atoms with E-state index in [-0.39, 0.29) is 0 Å². The quantitative estimate of drug-likeness (QED) is 0.213. The minimum Gasteiger partial charge on any atom is -0.378 e. The molecule has 2 aliphatic rings. The number of hydrogen-bond donors (Lipinski definition) is 0.